The number of pyridine rings is 1. The number of hydrogen-bond acceptors (Lipinski definition) is 2. The van der Waals surface area contributed by atoms with Crippen molar-refractivity contribution in [3.63, 3.8) is 0 Å². The van der Waals surface area contributed by atoms with E-state index in [1.54, 1.807) is 6.20 Å². The first kappa shape index (κ1) is 7.71. The van der Waals surface area contributed by atoms with Gasteiger partial charge in [-0.1, -0.05) is 6.07 Å². The number of nitrogens with zero attached hydrogens (tertiary/aromatic N) is 2. The molecule has 1 saturated heterocycles. The summed E-state index contributed by atoms with van der Waals surface area (Å²) in [5, 5.41) is 7.81. The van der Waals surface area contributed by atoms with E-state index in [1.807, 2.05) is 12.3 Å². The van der Waals surface area contributed by atoms with E-state index >= 15 is 0 Å². The van der Waals surface area contributed by atoms with Crippen molar-refractivity contribution in [1.82, 2.24) is 15.6 Å². The minimum Gasteiger partial charge on any atom is -0.313 e. The van der Waals surface area contributed by atoms with E-state index in [-0.39, 0.29) is 0 Å². The Labute approximate surface area is 72.2 Å². The molecule has 1 aliphatic heterocycles. The molecule has 2 heterocycles. The summed E-state index contributed by atoms with van der Waals surface area (Å²) in [5.74, 6) is 0. The monoisotopic (exact) mass is 162 g/mol. The predicted octanol–water partition coefficient (Wildman–Crippen LogP) is 0.330. The van der Waals surface area contributed by atoms with Gasteiger partial charge in [0.25, 0.3) is 0 Å². The molecule has 1 fully saturated rings. The van der Waals surface area contributed by atoms with E-state index in [0.717, 1.165) is 19.6 Å². The standard InChI is InChI=1S/C9H12N3/c1-2-8(6-10-3-1)9-7-11-4-5-12-9/h1-3,6,9,11H,4-5,7H2. The van der Waals surface area contributed by atoms with Crippen LogP contribution in [0.1, 0.15) is 11.6 Å². The molecule has 1 N–H and O–H groups in total. The van der Waals surface area contributed by atoms with Gasteiger partial charge in [0, 0.05) is 32.0 Å². The highest BCUT2D eigenvalue weighted by molar-refractivity contribution is 5.14. The summed E-state index contributed by atoms with van der Waals surface area (Å²) in [4.78, 5) is 4.07. The minimum absolute atomic E-state index is 0.312. The van der Waals surface area contributed by atoms with Crippen LogP contribution in [0.25, 0.3) is 0 Å². The van der Waals surface area contributed by atoms with Crippen LogP contribution in [0.15, 0.2) is 24.5 Å². The molecular formula is C9H12N3. The van der Waals surface area contributed by atoms with Crippen molar-refractivity contribution >= 4 is 0 Å². The molecule has 0 aliphatic carbocycles. The maximum Gasteiger partial charge on any atom is 0.0635 e. The number of nitrogens with one attached hydrogen (secondary N) is 1. The number of piperazine rings is 1. The molecule has 0 bridgehead atoms. The van der Waals surface area contributed by atoms with Crippen LogP contribution < -0.4 is 10.6 Å². The van der Waals surface area contributed by atoms with Crippen molar-refractivity contribution in [2.45, 2.75) is 6.04 Å². The van der Waals surface area contributed by atoms with Crippen LogP contribution in [0.3, 0.4) is 0 Å². The van der Waals surface area contributed by atoms with Gasteiger partial charge in [-0.2, -0.15) is 0 Å². The maximum atomic E-state index is 4.50. The van der Waals surface area contributed by atoms with Crippen molar-refractivity contribution < 1.29 is 0 Å². The smallest absolute Gasteiger partial charge is 0.0635 e. The Kier molecular flexibility index (Phi) is 2.34. The summed E-state index contributed by atoms with van der Waals surface area (Å²) in [5.41, 5.74) is 1.21. The van der Waals surface area contributed by atoms with Gasteiger partial charge in [0.15, 0.2) is 0 Å². The molecule has 1 unspecified atom stereocenters. The zero-order chi connectivity index (χ0) is 8.23. The average molecular weight is 162 g/mol. The van der Waals surface area contributed by atoms with Crippen LogP contribution in [0, 0.1) is 0 Å². The zero-order valence-electron chi connectivity index (χ0n) is 6.90. The Balaban J connectivity index is 2.08. The molecule has 0 spiro atoms. The highest BCUT2D eigenvalue weighted by Gasteiger charge is 2.14. The van der Waals surface area contributed by atoms with E-state index < -0.39 is 0 Å². The summed E-state index contributed by atoms with van der Waals surface area (Å²) in [6.07, 6.45) is 3.68. The largest absolute Gasteiger partial charge is 0.313 e. The lowest BCUT2D eigenvalue weighted by Gasteiger charge is -2.22. The maximum absolute atomic E-state index is 4.50. The molecule has 0 amide bonds. The van der Waals surface area contributed by atoms with Crippen molar-refractivity contribution in [3.8, 4) is 0 Å². The number of hydrogen-bond donors (Lipinski definition) is 1. The van der Waals surface area contributed by atoms with Crippen LogP contribution in [-0.4, -0.2) is 24.6 Å². The summed E-state index contributed by atoms with van der Waals surface area (Å²) in [6.45, 7) is 2.88. The minimum atomic E-state index is 0.312. The second-order valence-electron chi connectivity index (χ2n) is 2.91. The van der Waals surface area contributed by atoms with E-state index in [1.165, 1.54) is 5.56 Å². The fourth-order valence-corrected chi connectivity index (χ4v) is 1.40. The molecule has 0 saturated carbocycles. The molecular weight excluding hydrogens is 150 g/mol. The van der Waals surface area contributed by atoms with Crippen LogP contribution in [0.4, 0.5) is 0 Å². The Morgan fingerprint density at radius 2 is 2.50 bits per heavy atom. The molecule has 1 aromatic rings. The number of rotatable bonds is 1. The molecule has 3 heteroatoms. The molecule has 1 aliphatic rings. The topological polar surface area (TPSA) is 39.0 Å². The SMILES string of the molecule is c1cncc(C2CNCC[N]2)c1. The highest BCUT2D eigenvalue weighted by atomic mass is 15.1. The highest BCUT2D eigenvalue weighted by Crippen LogP contribution is 2.12. The fraction of sp³-hybridized carbons (Fsp3) is 0.444. The third-order valence-corrected chi connectivity index (χ3v) is 2.04. The second-order valence-corrected chi connectivity index (χ2v) is 2.91. The van der Waals surface area contributed by atoms with E-state index in [2.05, 4.69) is 21.7 Å². The Hall–Kier alpha value is -0.930. The van der Waals surface area contributed by atoms with Gasteiger partial charge in [-0.25, -0.2) is 5.32 Å². The third-order valence-electron chi connectivity index (χ3n) is 2.04. The summed E-state index contributed by atoms with van der Waals surface area (Å²) in [6, 6.07) is 4.35. The predicted molar refractivity (Wildman–Crippen MR) is 46.8 cm³/mol. The first-order valence-electron chi connectivity index (χ1n) is 4.24. The van der Waals surface area contributed by atoms with E-state index in [0.29, 0.717) is 6.04 Å². The molecule has 1 radical (unpaired) electrons. The van der Waals surface area contributed by atoms with Crippen LogP contribution in [-0.2, 0) is 0 Å². The summed E-state index contributed by atoms with van der Waals surface area (Å²) < 4.78 is 0. The first-order valence-corrected chi connectivity index (χ1v) is 4.24. The Morgan fingerprint density at radius 1 is 1.50 bits per heavy atom. The van der Waals surface area contributed by atoms with Crippen molar-refractivity contribution in [2.24, 2.45) is 0 Å². The van der Waals surface area contributed by atoms with Gasteiger partial charge in [-0.15, -0.1) is 0 Å². The first-order chi connectivity index (χ1) is 5.97. The second kappa shape index (κ2) is 3.65. The Morgan fingerprint density at radius 3 is 3.17 bits per heavy atom. The zero-order valence-corrected chi connectivity index (χ0v) is 6.90. The van der Waals surface area contributed by atoms with Crippen LogP contribution in [0.2, 0.25) is 0 Å². The fourth-order valence-electron chi connectivity index (χ4n) is 1.40. The molecule has 1 aromatic heterocycles. The van der Waals surface area contributed by atoms with Crippen molar-refractivity contribution in [1.29, 1.82) is 0 Å². The molecule has 1 atom stereocenters. The third kappa shape index (κ3) is 1.62. The Bertz CT molecular complexity index is 229. The average Bonchev–Trinajstić information content (AvgIpc) is 2.21. The lowest BCUT2D eigenvalue weighted by Crippen LogP contribution is -2.38. The lowest BCUT2D eigenvalue weighted by molar-refractivity contribution is 0.421. The molecule has 2 rings (SSSR count). The van der Waals surface area contributed by atoms with Crippen molar-refractivity contribution in [2.75, 3.05) is 19.6 Å². The van der Waals surface area contributed by atoms with Gasteiger partial charge in [-0.3, -0.25) is 4.98 Å². The van der Waals surface area contributed by atoms with E-state index in [9.17, 15) is 0 Å². The molecule has 12 heavy (non-hydrogen) atoms. The molecule has 3 nitrogen and oxygen atoms in total. The van der Waals surface area contributed by atoms with Crippen molar-refractivity contribution in [3.05, 3.63) is 30.1 Å². The quantitative estimate of drug-likeness (QED) is 0.646. The van der Waals surface area contributed by atoms with E-state index in [4.69, 9.17) is 0 Å². The summed E-state index contributed by atoms with van der Waals surface area (Å²) in [7, 11) is 0. The summed E-state index contributed by atoms with van der Waals surface area (Å²) >= 11 is 0. The number of aromatic nitrogens is 1. The molecule has 0 aromatic carbocycles. The van der Waals surface area contributed by atoms with Gasteiger partial charge in [0.1, 0.15) is 0 Å². The normalized spacial score (nSPS) is 23.8. The van der Waals surface area contributed by atoms with Gasteiger partial charge in [0.05, 0.1) is 6.04 Å². The van der Waals surface area contributed by atoms with Gasteiger partial charge >= 0.3 is 0 Å². The van der Waals surface area contributed by atoms with Gasteiger partial charge < -0.3 is 5.32 Å². The van der Waals surface area contributed by atoms with Gasteiger partial charge in [-0.05, 0) is 11.6 Å². The lowest BCUT2D eigenvalue weighted by atomic mass is 10.1. The van der Waals surface area contributed by atoms with Crippen LogP contribution in [0.5, 0.6) is 0 Å². The molecule has 63 valence electrons. The van der Waals surface area contributed by atoms with Gasteiger partial charge in [0.2, 0.25) is 0 Å². The van der Waals surface area contributed by atoms with Crippen LogP contribution >= 0.6 is 0 Å².